The van der Waals surface area contributed by atoms with Crippen molar-refractivity contribution in [2.75, 3.05) is 52.9 Å². The van der Waals surface area contributed by atoms with Gasteiger partial charge in [-0.25, -0.2) is 38.4 Å². The molecule has 0 saturated carbocycles. The fraction of sp³-hybridized carbons (Fsp3) is 0.500. The fourth-order valence-electron chi connectivity index (χ4n) is 1.55. The zero-order valence-electron chi connectivity index (χ0n) is 20.5. The first kappa shape index (κ1) is 50.9. The van der Waals surface area contributed by atoms with Crippen LogP contribution in [0.5, 0.6) is 0 Å². The standard InChI is InChI=1S/C16H16O16.8ClH.4Ni/c17-9-10(18)27-3-4-29-13(21)14(22)31-7-8-32-16(24)15(23)30-6-5-28-12(20)11(19)26-2-1-25-9;;;;;;;;;;;;/h1-8H2;8*1H;;;;/q;;;;;;;;;4*+2/p-8. The Kier molecular flexibility index (Phi) is 45.4. The molecule has 1 aliphatic rings. The molecule has 1 fully saturated rings. The zero-order chi connectivity index (χ0) is 34.8. The molecule has 0 atom stereocenters. The molecule has 16 nitrogen and oxygen atoms in total. The molecule has 0 N–H and O–H groups in total. The van der Waals surface area contributed by atoms with Crippen LogP contribution in [0.25, 0.3) is 0 Å². The van der Waals surface area contributed by atoms with Crippen LogP contribution in [-0.4, -0.2) is 101 Å². The van der Waals surface area contributed by atoms with Crippen molar-refractivity contribution in [3.8, 4) is 0 Å². The van der Waals surface area contributed by atoms with Crippen molar-refractivity contribution in [2.45, 2.75) is 0 Å². The van der Waals surface area contributed by atoms with E-state index in [1.165, 1.54) is 0 Å². The van der Waals surface area contributed by atoms with Crippen molar-refractivity contribution < 1.29 is 127 Å². The van der Waals surface area contributed by atoms with E-state index in [1.54, 1.807) is 0 Å². The summed E-state index contributed by atoms with van der Waals surface area (Å²) in [6.45, 7) is -4.94. The molecule has 1 aliphatic heterocycles. The first-order valence-electron chi connectivity index (χ1n) is 9.53. The number of hydrogen-bond acceptors (Lipinski definition) is 16. The summed E-state index contributed by atoms with van der Waals surface area (Å²) in [5, 5.41) is 0. The summed E-state index contributed by atoms with van der Waals surface area (Å²) in [7, 11) is 37.6. The normalized spacial score (nSPS) is 16.2. The molecule has 0 radical (unpaired) electrons. The number of rotatable bonds is 0. The molecular formula is C16H16Cl8Ni4O16. The summed E-state index contributed by atoms with van der Waals surface area (Å²) < 4.78 is 35.3. The van der Waals surface area contributed by atoms with Gasteiger partial charge in [-0.3, -0.25) is 0 Å². The van der Waals surface area contributed by atoms with E-state index >= 15 is 0 Å². The first-order chi connectivity index (χ1) is 20.9. The predicted molar refractivity (Wildman–Crippen MR) is 134 cm³/mol. The Morgan fingerprint density at radius 3 is 0.409 bits per heavy atom. The zero-order valence-corrected chi connectivity index (χ0v) is 30.5. The number of halogens is 8. The molecule has 0 aliphatic carbocycles. The van der Waals surface area contributed by atoms with Gasteiger partial charge in [0.15, 0.2) is 0 Å². The fourth-order valence-corrected chi connectivity index (χ4v) is 1.55. The summed E-state index contributed by atoms with van der Waals surface area (Å²) in [5.41, 5.74) is 0. The first-order valence-corrected chi connectivity index (χ1v) is 20.4. The Labute approximate surface area is 306 Å². The third-order valence-corrected chi connectivity index (χ3v) is 2.87. The van der Waals surface area contributed by atoms with Gasteiger partial charge in [-0.05, 0) is 0 Å². The van der Waals surface area contributed by atoms with Crippen LogP contribution >= 0.6 is 81.6 Å². The van der Waals surface area contributed by atoms with Gasteiger partial charge in [-0.15, -0.1) is 0 Å². The summed E-state index contributed by atoms with van der Waals surface area (Å²) in [4.78, 5) is 90.8. The van der Waals surface area contributed by atoms with Gasteiger partial charge < -0.3 is 37.9 Å². The van der Waals surface area contributed by atoms with Gasteiger partial charge in [0.1, 0.15) is 52.9 Å². The second kappa shape index (κ2) is 39.2. The molecule has 44 heavy (non-hydrogen) atoms. The Hall–Kier alpha value is 0.0540. The quantitative estimate of drug-likeness (QED) is 0.147. The van der Waals surface area contributed by atoms with Gasteiger partial charge in [-0.2, -0.15) is 0 Å². The van der Waals surface area contributed by atoms with Crippen LogP contribution < -0.4 is 0 Å². The number of cyclic esters (lactones) is 8. The molecule has 1 rings (SSSR count). The molecule has 0 aromatic heterocycles. The number of carbonyl (C=O) groups excluding carboxylic acids is 8. The molecule has 0 spiro atoms. The molecule has 0 unspecified atom stereocenters. The number of carbonyl (C=O) groups is 8. The van der Waals surface area contributed by atoms with Gasteiger partial charge >= 0.3 is 180 Å². The Morgan fingerprint density at radius 2 is 0.341 bits per heavy atom. The predicted octanol–water partition coefficient (Wildman–Crippen LogP) is 1.85. The van der Waals surface area contributed by atoms with Gasteiger partial charge in [0.05, 0.1) is 0 Å². The third kappa shape index (κ3) is 36.5. The van der Waals surface area contributed by atoms with Gasteiger partial charge in [0, 0.05) is 0 Å². The summed E-state index contributed by atoms with van der Waals surface area (Å²) in [6, 6.07) is 0. The molecule has 1 saturated heterocycles. The van der Waals surface area contributed by atoms with Crippen molar-refractivity contribution in [2.24, 2.45) is 0 Å². The van der Waals surface area contributed by atoms with Crippen LogP contribution in [0, 0.1) is 0 Å². The van der Waals surface area contributed by atoms with E-state index < -0.39 is 101 Å². The van der Waals surface area contributed by atoms with Gasteiger partial charge in [-0.1, -0.05) is 0 Å². The maximum absolute atomic E-state index is 11.3. The van der Waals surface area contributed by atoms with Crippen molar-refractivity contribution in [1.82, 2.24) is 0 Å². The summed E-state index contributed by atoms with van der Waals surface area (Å²) >= 11 is 2.28. The summed E-state index contributed by atoms with van der Waals surface area (Å²) in [6.07, 6.45) is 0. The van der Waals surface area contributed by atoms with Crippen LogP contribution in [0.2, 0.25) is 0 Å². The van der Waals surface area contributed by atoms with E-state index in [9.17, 15) is 38.4 Å². The van der Waals surface area contributed by atoms with Crippen molar-refractivity contribution in [3.63, 3.8) is 0 Å². The second-order valence-electron chi connectivity index (χ2n) is 5.27. The van der Waals surface area contributed by atoms with E-state index in [0.29, 0.717) is 50.6 Å². The minimum atomic E-state index is -1.47. The van der Waals surface area contributed by atoms with Crippen LogP contribution in [-0.2, 0) is 127 Å². The van der Waals surface area contributed by atoms with Crippen LogP contribution in [0.3, 0.4) is 0 Å². The molecule has 272 valence electrons. The average Bonchev–Trinajstić information content (AvgIpc) is 2.98. The van der Waals surface area contributed by atoms with Gasteiger partial charge in [0.25, 0.3) is 0 Å². The molecular weight excluding hydrogens is 967 g/mol. The number of esters is 8. The van der Waals surface area contributed by atoms with Crippen LogP contribution in [0.4, 0.5) is 0 Å². The minimum absolute atomic E-state index is 0.569. The number of hydrogen-bond donors (Lipinski definition) is 0. The Morgan fingerprint density at radius 1 is 0.273 bits per heavy atom. The second-order valence-corrected chi connectivity index (χ2v) is 11.8. The van der Waals surface area contributed by atoms with E-state index in [0.717, 1.165) is 0 Å². The molecule has 28 heteroatoms. The SMILES string of the molecule is O=C1OCCOC(=O)C(=O)OCCOC(=O)C(=O)OCCOC(=O)C(=O)OCCOC1=O.[Cl][Ni][Cl].[Cl][Ni][Cl].[Cl][Ni][Cl].[Cl][Ni][Cl]. The van der Waals surface area contributed by atoms with Crippen LogP contribution in [0.1, 0.15) is 0 Å². The van der Waals surface area contributed by atoms with Crippen LogP contribution in [0.15, 0.2) is 0 Å². The van der Waals surface area contributed by atoms with E-state index in [1.807, 2.05) is 0 Å². The molecule has 0 aromatic rings. The molecule has 0 bridgehead atoms. The monoisotopic (exact) mass is 976 g/mol. The van der Waals surface area contributed by atoms with Crippen molar-refractivity contribution >= 4 is 129 Å². The Bertz CT molecular complexity index is 676. The molecule has 0 aromatic carbocycles. The Balaban J connectivity index is -0.000000572. The average molecular weight is 983 g/mol. The van der Waals surface area contributed by atoms with Crippen molar-refractivity contribution in [3.05, 3.63) is 0 Å². The van der Waals surface area contributed by atoms with Crippen molar-refractivity contribution in [1.29, 1.82) is 0 Å². The third-order valence-electron chi connectivity index (χ3n) is 2.87. The van der Waals surface area contributed by atoms with Gasteiger partial charge in [0.2, 0.25) is 0 Å². The topological polar surface area (TPSA) is 210 Å². The van der Waals surface area contributed by atoms with E-state index in [-0.39, 0.29) is 0 Å². The number of ether oxygens (including phenoxy) is 8. The molecule has 0 amide bonds. The summed E-state index contributed by atoms with van der Waals surface area (Å²) in [5.74, 6) is -11.8. The van der Waals surface area contributed by atoms with E-state index in [4.69, 9.17) is 81.6 Å². The van der Waals surface area contributed by atoms with E-state index in [2.05, 4.69) is 37.9 Å². The molecule has 1 heterocycles. The maximum atomic E-state index is 11.3.